The molecule has 3 rings (SSSR count). The number of aryl methyl sites for hydroxylation is 2. The molecular weight excluding hydrogens is 328 g/mol. The van der Waals surface area contributed by atoms with Crippen molar-refractivity contribution in [3.63, 3.8) is 0 Å². The summed E-state index contributed by atoms with van der Waals surface area (Å²) in [6, 6.07) is 9.77. The number of nitrogens with zero attached hydrogens (tertiary/aromatic N) is 1. The molecule has 1 saturated heterocycles. The van der Waals surface area contributed by atoms with Crippen molar-refractivity contribution in [3.8, 4) is 11.3 Å². The SMILES string of the molecule is C=CC(=O)N1CCC(C(=O)Nc2cc(-c3ccc(C)o3)ccc2C)CC1. The summed E-state index contributed by atoms with van der Waals surface area (Å²) in [7, 11) is 0. The highest BCUT2D eigenvalue weighted by atomic mass is 16.3. The van der Waals surface area contributed by atoms with Gasteiger partial charge in [-0.15, -0.1) is 0 Å². The van der Waals surface area contributed by atoms with E-state index in [1.807, 2.05) is 44.2 Å². The number of hydrogen-bond donors (Lipinski definition) is 1. The predicted molar refractivity (Wildman–Crippen MR) is 102 cm³/mol. The van der Waals surface area contributed by atoms with Gasteiger partial charge in [0.2, 0.25) is 11.8 Å². The minimum absolute atomic E-state index is 0.00609. The van der Waals surface area contributed by atoms with Crippen LogP contribution >= 0.6 is 0 Å². The van der Waals surface area contributed by atoms with Gasteiger partial charge in [-0.25, -0.2) is 0 Å². The average molecular weight is 352 g/mol. The van der Waals surface area contributed by atoms with Gasteiger partial charge >= 0.3 is 0 Å². The van der Waals surface area contributed by atoms with Crippen molar-refractivity contribution in [2.24, 2.45) is 5.92 Å². The Bertz CT molecular complexity index is 830. The van der Waals surface area contributed by atoms with Crippen molar-refractivity contribution < 1.29 is 14.0 Å². The Morgan fingerprint density at radius 2 is 1.92 bits per heavy atom. The highest BCUT2D eigenvalue weighted by Crippen LogP contribution is 2.28. The third-order valence-corrected chi connectivity index (χ3v) is 4.87. The zero-order valence-electron chi connectivity index (χ0n) is 15.2. The van der Waals surface area contributed by atoms with Gasteiger partial charge in [-0.1, -0.05) is 18.7 Å². The highest BCUT2D eigenvalue weighted by molar-refractivity contribution is 5.94. The molecule has 1 aliphatic heterocycles. The second-order valence-corrected chi connectivity index (χ2v) is 6.73. The second kappa shape index (κ2) is 7.60. The molecule has 1 aromatic heterocycles. The quantitative estimate of drug-likeness (QED) is 0.848. The Kier molecular flexibility index (Phi) is 5.26. The average Bonchev–Trinajstić information content (AvgIpc) is 3.09. The fourth-order valence-corrected chi connectivity index (χ4v) is 3.23. The number of rotatable bonds is 4. The molecule has 5 nitrogen and oxygen atoms in total. The number of piperidine rings is 1. The molecule has 136 valence electrons. The first-order valence-corrected chi connectivity index (χ1v) is 8.87. The molecule has 2 aromatic rings. The third-order valence-electron chi connectivity index (χ3n) is 4.87. The lowest BCUT2D eigenvalue weighted by atomic mass is 9.95. The number of anilines is 1. The van der Waals surface area contributed by atoms with Gasteiger partial charge in [-0.2, -0.15) is 0 Å². The maximum atomic E-state index is 12.7. The van der Waals surface area contributed by atoms with E-state index in [1.165, 1.54) is 6.08 Å². The number of carbonyl (C=O) groups excluding carboxylic acids is 2. The first-order valence-electron chi connectivity index (χ1n) is 8.87. The monoisotopic (exact) mass is 352 g/mol. The van der Waals surface area contributed by atoms with Crippen molar-refractivity contribution in [1.29, 1.82) is 0 Å². The van der Waals surface area contributed by atoms with Gasteiger partial charge in [0.05, 0.1) is 0 Å². The molecule has 0 unspecified atom stereocenters. The first kappa shape index (κ1) is 18.0. The molecule has 2 heterocycles. The number of likely N-dealkylation sites (tertiary alicyclic amines) is 1. The smallest absolute Gasteiger partial charge is 0.245 e. The van der Waals surface area contributed by atoms with Crippen molar-refractivity contribution >= 4 is 17.5 Å². The van der Waals surface area contributed by atoms with E-state index in [1.54, 1.807) is 4.90 Å². The molecule has 0 atom stereocenters. The van der Waals surface area contributed by atoms with E-state index < -0.39 is 0 Å². The summed E-state index contributed by atoms with van der Waals surface area (Å²) in [5, 5.41) is 3.05. The molecule has 2 amide bonds. The van der Waals surface area contributed by atoms with Crippen LogP contribution in [-0.2, 0) is 9.59 Å². The summed E-state index contributed by atoms with van der Waals surface area (Å²) < 4.78 is 5.67. The summed E-state index contributed by atoms with van der Waals surface area (Å²) in [6.45, 7) is 8.57. The van der Waals surface area contributed by atoms with Crippen LogP contribution in [-0.4, -0.2) is 29.8 Å². The van der Waals surface area contributed by atoms with Crippen molar-refractivity contribution in [2.75, 3.05) is 18.4 Å². The van der Waals surface area contributed by atoms with Crippen LogP contribution in [0.3, 0.4) is 0 Å². The van der Waals surface area contributed by atoms with Gasteiger partial charge < -0.3 is 14.6 Å². The summed E-state index contributed by atoms with van der Waals surface area (Å²) in [4.78, 5) is 26.0. The molecule has 1 N–H and O–H groups in total. The van der Waals surface area contributed by atoms with E-state index in [9.17, 15) is 9.59 Å². The number of carbonyl (C=O) groups is 2. The second-order valence-electron chi connectivity index (χ2n) is 6.73. The van der Waals surface area contributed by atoms with Crippen LogP contribution in [0.4, 0.5) is 5.69 Å². The van der Waals surface area contributed by atoms with Crippen LogP contribution < -0.4 is 5.32 Å². The predicted octanol–water partition coefficient (Wildman–Crippen LogP) is 3.93. The van der Waals surface area contributed by atoms with Crippen molar-refractivity contribution in [2.45, 2.75) is 26.7 Å². The van der Waals surface area contributed by atoms with Crippen LogP contribution in [0.25, 0.3) is 11.3 Å². The Labute approximate surface area is 153 Å². The van der Waals surface area contributed by atoms with E-state index in [-0.39, 0.29) is 17.7 Å². The molecule has 0 aliphatic carbocycles. The zero-order valence-corrected chi connectivity index (χ0v) is 15.2. The molecule has 0 radical (unpaired) electrons. The van der Waals surface area contributed by atoms with E-state index in [0.29, 0.717) is 25.9 Å². The zero-order chi connectivity index (χ0) is 18.7. The normalized spacial score (nSPS) is 14.9. The lowest BCUT2D eigenvalue weighted by Crippen LogP contribution is -2.40. The Balaban J connectivity index is 1.68. The molecular formula is C21H24N2O3. The van der Waals surface area contributed by atoms with E-state index in [2.05, 4.69) is 11.9 Å². The lowest BCUT2D eigenvalue weighted by Gasteiger charge is -2.30. The van der Waals surface area contributed by atoms with Gasteiger partial charge in [0.1, 0.15) is 11.5 Å². The van der Waals surface area contributed by atoms with Gasteiger partial charge in [-0.3, -0.25) is 9.59 Å². The Morgan fingerprint density at radius 1 is 1.19 bits per heavy atom. The molecule has 1 aliphatic rings. The molecule has 26 heavy (non-hydrogen) atoms. The van der Waals surface area contributed by atoms with E-state index in [0.717, 1.165) is 28.3 Å². The van der Waals surface area contributed by atoms with Crippen LogP contribution in [0.2, 0.25) is 0 Å². The number of furan rings is 1. The van der Waals surface area contributed by atoms with Crippen molar-refractivity contribution in [1.82, 2.24) is 4.90 Å². The standard InChI is InChI=1S/C21H24N2O3/c1-4-20(24)23-11-9-16(10-12-23)21(25)22-18-13-17(7-5-14(18)2)19-8-6-15(3)26-19/h4-8,13,16H,1,9-12H2,2-3H3,(H,22,25). The van der Waals surface area contributed by atoms with Gasteiger partial charge in [0.15, 0.2) is 0 Å². The number of benzene rings is 1. The van der Waals surface area contributed by atoms with Crippen molar-refractivity contribution in [3.05, 3.63) is 54.3 Å². The van der Waals surface area contributed by atoms with Crippen LogP contribution in [0.1, 0.15) is 24.2 Å². The van der Waals surface area contributed by atoms with Gasteiger partial charge in [0, 0.05) is 30.3 Å². The van der Waals surface area contributed by atoms with Gasteiger partial charge in [-0.05, 0) is 56.5 Å². The molecule has 1 fully saturated rings. The molecule has 0 bridgehead atoms. The first-order chi connectivity index (χ1) is 12.5. The Morgan fingerprint density at radius 3 is 2.54 bits per heavy atom. The van der Waals surface area contributed by atoms with Crippen LogP contribution in [0.5, 0.6) is 0 Å². The maximum Gasteiger partial charge on any atom is 0.245 e. The van der Waals surface area contributed by atoms with E-state index in [4.69, 9.17) is 4.42 Å². The summed E-state index contributed by atoms with van der Waals surface area (Å²) in [5.41, 5.74) is 2.74. The van der Waals surface area contributed by atoms with Gasteiger partial charge in [0.25, 0.3) is 0 Å². The molecule has 0 spiro atoms. The fraction of sp³-hybridized carbons (Fsp3) is 0.333. The molecule has 5 heteroatoms. The van der Waals surface area contributed by atoms with Crippen LogP contribution in [0, 0.1) is 19.8 Å². The number of amides is 2. The molecule has 0 saturated carbocycles. The van der Waals surface area contributed by atoms with E-state index >= 15 is 0 Å². The molecule has 1 aromatic carbocycles. The summed E-state index contributed by atoms with van der Waals surface area (Å²) >= 11 is 0. The third kappa shape index (κ3) is 3.87. The number of nitrogens with one attached hydrogen (secondary N) is 1. The summed E-state index contributed by atoms with van der Waals surface area (Å²) in [5.74, 6) is 1.49. The van der Waals surface area contributed by atoms with Crippen LogP contribution in [0.15, 0.2) is 47.4 Å². The minimum atomic E-state index is -0.0854. The summed E-state index contributed by atoms with van der Waals surface area (Å²) in [6.07, 6.45) is 2.66. The highest BCUT2D eigenvalue weighted by Gasteiger charge is 2.26. The largest absolute Gasteiger partial charge is 0.461 e. The lowest BCUT2D eigenvalue weighted by molar-refractivity contribution is -0.130. The topological polar surface area (TPSA) is 62.6 Å². The number of hydrogen-bond acceptors (Lipinski definition) is 3. The minimum Gasteiger partial charge on any atom is -0.461 e. The Hall–Kier alpha value is -2.82. The maximum absolute atomic E-state index is 12.7. The fourth-order valence-electron chi connectivity index (χ4n) is 3.23.